The van der Waals surface area contributed by atoms with Gasteiger partial charge < -0.3 is 5.73 Å². The molecule has 18 heavy (non-hydrogen) atoms. The van der Waals surface area contributed by atoms with Gasteiger partial charge in [0.25, 0.3) is 5.91 Å². The lowest BCUT2D eigenvalue weighted by molar-refractivity contribution is 0.0740. The van der Waals surface area contributed by atoms with Gasteiger partial charge in [-0.3, -0.25) is 14.9 Å². The van der Waals surface area contributed by atoms with Gasteiger partial charge in [0.2, 0.25) is 0 Å². The molecule has 0 radical (unpaired) electrons. The third kappa shape index (κ3) is 2.48. The second kappa shape index (κ2) is 5.39. The Hall–Kier alpha value is -1.56. The van der Waals surface area contributed by atoms with Crippen molar-refractivity contribution in [1.29, 1.82) is 0 Å². The second-order valence-corrected chi connectivity index (χ2v) is 4.65. The Morgan fingerprint density at radius 3 is 2.67 bits per heavy atom. The first-order chi connectivity index (χ1) is 8.63. The van der Waals surface area contributed by atoms with Gasteiger partial charge in [0.05, 0.1) is 11.4 Å². The fourth-order valence-electron chi connectivity index (χ4n) is 2.27. The lowest BCUT2D eigenvalue weighted by Gasteiger charge is -2.26. The van der Waals surface area contributed by atoms with Crippen LogP contribution in [0.3, 0.4) is 0 Å². The number of anilines is 1. The molecular weight excluding hydrogens is 230 g/mol. The van der Waals surface area contributed by atoms with E-state index >= 15 is 0 Å². The van der Waals surface area contributed by atoms with Crippen LogP contribution < -0.4 is 11.2 Å². The summed E-state index contributed by atoms with van der Waals surface area (Å²) in [6.07, 6.45) is 3.49. The number of nitrogens with zero attached hydrogens (tertiary/aromatic N) is 3. The first-order valence-corrected chi connectivity index (χ1v) is 6.52. The van der Waals surface area contributed by atoms with Gasteiger partial charge in [-0.15, -0.1) is 0 Å². The van der Waals surface area contributed by atoms with Crippen molar-refractivity contribution in [2.75, 3.05) is 18.8 Å². The molecule has 100 valence electrons. The van der Waals surface area contributed by atoms with Crippen molar-refractivity contribution in [2.45, 2.75) is 39.7 Å². The van der Waals surface area contributed by atoms with Crippen LogP contribution in [-0.4, -0.2) is 33.8 Å². The molecule has 6 nitrogen and oxygen atoms in total. The lowest BCUT2D eigenvalue weighted by atomic mass is 10.2. The van der Waals surface area contributed by atoms with E-state index in [2.05, 4.69) is 10.5 Å². The van der Waals surface area contributed by atoms with E-state index in [9.17, 15) is 4.79 Å². The van der Waals surface area contributed by atoms with Crippen LogP contribution in [0.2, 0.25) is 0 Å². The van der Waals surface area contributed by atoms with E-state index in [0.717, 1.165) is 25.9 Å². The summed E-state index contributed by atoms with van der Waals surface area (Å²) in [5, 5.41) is 6.22. The van der Waals surface area contributed by atoms with E-state index < -0.39 is 0 Å². The molecule has 1 aliphatic rings. The lowest BCUT2D eigenvalue weighted by Crippen LogP contribution is -2.45. The van der Waals surface area contributed by atoms with Crippen molar-refractivity contribution >= 4 is 11.6 Å². The van der Waals surface area contributed by atoms with Crippen molar-refractivity contribution in [1.82, 2.24) is 20.2 Å². The minimum atomic E-state index is -0.156. The minimum Gasteiger partial charge on any atom is -0.395 e. The van der Waals surface area contributed by atoms with E-state index in [1.54, 1.807) is 4.68 Å². The summed E-state index contributed by atoms with van der Waals surface area (Å²) in [6.45, 7) is 6.22. The molecule has 1 amide bonds. The Morgan fingerprint density at radius 1 is 1.39 bits per heavy atom. The molecule has 2 heterocycles. The van der Waals surface area contributed by atoms with Gasteiger partial charge in [0.15, 0.2) is 5.69 Å². The average Bonchev–Trinajstić information content (AvgIpc) is 2.66. The quantitative estimate of drug-likeness (QED) is 0.837. The number of rotatable bonds is 3. The van der Waals surface area contributed by atoms with Crippen LogP contribution in [0, 0.1) is 6.92 Å². The molecule has 0 unspecified atom stereocenters. The number of aromatic nitrogens is 2. The summed E-state index contributed by atoms with van der Waals surface area (Å²) in [7, 11) is 0. The third-order valence-electron chi connectivity index (χ3n) is 3.30. The number of carbonyl (C=O) groups excluding carboxylic acids is 1. The number of nitrogen functional groups attached to an aromatic ring is 1. The normalized spacial score (nSPS) is 16.8. The zero-order valence-electron chi connectivity index (χ0n) is 11.1. The summed E-state index contributed by atoms with van der Waals surface area (Å²) in [4.78, 5) is 12.2. The highest BCUT2D eigenvalue weighted by molar-refractivity contribution is 5.97. The van der Waals surface area contributed by atoms with Crippen LogP contribution in [0.5, 0.6) is 0 Å². The molecular formula is C12H21N5O. The van der Waals surface area contributed by atoms with Crippen LogP contribution in [0.4, 0.5) is 5.69 Å². The number of hydrogen-bond acceptors (Lipinski definition) is 4. The summed E-state index contributed by atoms with van der Waals surface area (Å²) in [5.74, 6) is -0.156. The Labute approximate surface area is 107 Å². The highest BCUT2D eigenvalue weighted by Gasteiger charge is 2.21. The highest BCUT2D eigenvalue weighted by atomic mass is 16.2. The third-order valence-corrected chi connectivity index (χ3v) is 3.30. The number of piperidine rings is 1. The summed E-state index contributed by atoms with van der Waals surface area (Å²) in [6, 6.07) is 0. The van der Waals surface area contributed by atoms with Crippen molar-refractivity contribution in [2.24, 2.45) is 0 Å². The van der Waals surface area contributed by atoms with E-state index in [4.69, 9.17) is 5.73 Å². The number of hydrogen-bond donors (Lipinski definition) is 2. The van der Waals surface area contributed by atoms with Gasteiger partial charge in [-0.2, -0.15) is 5.10 Å². The number of nitrogens with two attached hydrogens (primary N) is 1. The van der Waals surface area contributed by atoms with Crippen LogP contribution in [0.1, 0.15) is 42.4 Å². The van der Waals surface area contributed by atoms with Crippen LogP contribution in [-0.2, 0) is 6.54 Å². The molecule has 3 N–H and O–H groups in total. The standard InChI is InChI=1S/C12H21N5O/c1-3-17-11(10(13)9(2)14-17)12(18)15-16-7-5-4-6-8-16/h3-8,13H2,1-2H3,(H,15,18). The van der Waals surface area contributed by atoms with Crippen LogP contribution >= 0.6 is 0 Å². The fourth-order valence-corrected chi connectivity index (χ4v) is 2.27. The van der Waals surface area contributed by atoms with E-state index in [1.165, 1.54) is 6.42 Å². The SMILES string of the molecule is CCn1nc(C)c(N)c1C(=O)NN1CCCCC1. The molecule has 1 aromatic rings. The molecule has 0 spiro atoms. The molecule has 0 aliphatic carbocycles. The first-order valence-electron chi connectivity index (χ1n) is 6.52. The van der Waals surface area contributed by atoms with Crippen LogP contribution in [0.25, 0.3) is 0 Å². The number of carbonyl (C=O) groups is 1. The molecule has 0 aromatic carbocycles. The molecule has 0 atom stereocenters. The number of hydrazine groups is 1. The number of amides is 1. The Morgan fingerprint density at radius 2 is 2.06 bits per heavy atom. The molecule has 2 rings (SSSR count). The smallest absolute Gasteiger partial charge is 0.285 e. The molecule has 1 saturated heterocycles. The first kappa shape index (κ1) is 12.9. The number of aryl methyl sites for hydroxylation is 2. The van der Waals surface area contributed by atoms with E-state index in [1.807, 2.05) is 18.9 Å². The predicted octanol–water partition coefficient (Wildman–Crippen LogP) is 0.924. The zero-order valence-corrected chi connectivity index (χ0v) is 11.1. The summed E-state index contributed by atoms with van der Waals surface area (Å²) in [5.41, 5.74) is 10.5. The van der Waals surface area contributed by atoms with Crippen molar-refractivity contribution in [3.05, 3.63) is 11.4 Å². The maximum absolute atomic E-state index is 12.2. The van der Waals surface area contributed by atoms with Crippen LogP contribution in [0.15, 0.2) is 0 Å². The average molecular weight is 251 g/mol. The van der Waals surface area contributed by atoms with E-state index in [0.29, 0.717) is 23.6 Å². The molecule has 1 aromatic heterocycles. The van der Waals surface area contributed by atoms with Crippen molar-refractivity contribution in [3.63, 3.8) is 0 Å². The maximum atomic E-state index is 12.2. The predicted molar refractivity (Wildman–Crippen MR) is 69.9 cm³/mol. The Kier molecular flexibility index (Phi) is 3.86. The van der Waals surface area contributed by atoms with Gasteiger partial charge >= 0.3 is 0 Å². The van der Waals surface area contributed by atoms with Crippen molar-refractivity contribution in [3.8, 4) is 0 Å². The Bertz CT molecular complexity index is 434. The number of nitrogens with one attached hydrogen (secondary N) is 1. The Balaban J connectivity index is 2.12. The molecule has 0 bridgehead atoms. The fraction of sp³-hybridized carbons (Fsp3) is 0.667. The monoisotopic (exact) mass is 251 g/mol. The highest BCUT2D eigenvalue weighted by Crippen LogP contribution is 2.16. The molecule has 0 saturated carbocycles. The van der Waals surface area contributed by atoms with Gasteiger partial charge in [-0.1, -0.05) is 6.42 Å². The zero-order chi connectivity index (χ0) is 13.1. The van der Waals surface area contributed by atoms with Gasteiger partial charge in [-0.25, -0.2) is 5.01 Å². The largest absolute Gasteiger partial charge is 0.395 e. The summed E-state index contributed by atoms with van der Waals surface area (Å²) >= 11 is 0. The summed E-state index contributed by atoms with van der Waals surface area (Å²) < 4.78 is 1.66. The van der Waals surface area contributed by atoms with Gasteiger partial charge in [0, 0.05) is 19.6 Å². The van der Waals surface area contributed by atoms with E-state index in [-0.39, 0.29) is 5.91 Å². The molecule has 1 fully saturated rings. The maximum Gasteiger partial charge on any atom is 0.285 e. The topological polar surface area (TPSA) is 76.2 Å². The van der Waals surface area contributed by atoms with Crippen molar-refractivity contribution < 1.29 is 4.79 Å². The minimum absolute atomic E-state index is 0.156. The molecule has 6 heteroatoms. The molecule has 1 aliphatic heterocycles. The van der Waals surface area contributed by atoms with Gasteiger partial charge in [0.1, 0.15) is 0 Å². The van der Waals surface area contributed by atoms with Gasteiger partial charge in [-0.05, 0) is 26.7 Å². The second-order valence-electron chi connectivity index (χ2n) is 4.65.